The van der Waals surface area contributed by atoms with E-state index in [0.29, 0.717) is 5.69 Å². The summed E-state index contributed by atoms with van der Waals surface area (Å²) in [4.78, 5) is 3.98. The first-order chi connectivity index (χ1) is 6.51. The Morgan fingerprint density at radius 3 is 2.21 bits per heavy atom. The van der Waals surface area contributed by atoms with Crippen molar-refractivity contribution in [1.29, 1.82) is 0 Å². The molecule has 0 bridgehead atoms. The smallest absolute Gasteiger partial charge is 0.225 e. The van der Waals surface area contributed by atoms with Crippen molar-refractivity contribution in [3.63, 3.8) is 0 Å². The predicted octanol–water partition coefficient (Wildman–Crippen LogP) is 3.77. The van der Waals surface area contributed by atoms with E-state index in [0.717, 1.165) is 5.75 Å². The van der Waals surface area contributed by atoms with E-state index in [4.69, 9.17) is 39.5 Å². The number of rotatable bonds is 2. The molecule has 2 nitrogen and oxygen atoms in total. The van der Waals surface area contributed by atoms with Crippen molar-refractivity contribution < 1.29 is 4.74 Å². The second kappa shape index (κ2) is 4.87. The lowest BCUT2D eigenvalue weighted by molar-refractivity contribution is 0.415. The summed E-state index contributed by atoms with van der Waals surface area (Å²) in [5, 5.41) is 0. The summed E-state index contributed by atoms with van der Waals surface area (Å²) in [6.07, 6.45) is 1.25. The van der Waals surface area contributed by atoms with Crippen molar-refractivity contribution in [3.8, 4) is 5.75 Å². The van der Waals surface area contributed by atoms with Crippen LogP contribution in [0.15, 0.2) is 29.3 Å². The van der Waals surface area contributed by atoms with Gasteiger partial charge in [-0.3, -0.25) is 4.99 Å². The van der Waals surface area contributed by atoms with Crippen LogP contribution in [0.5, 0.6) is 5.75 Å². The summed E-state index contributed by atoms with van der Waals surface area (Å²) in [7, 11) is 1.60. The van der Waals surface area contributed by atoms with Crippen LogP contribution in [0.4, 0.5) is 5.69 Å². The molecule has 0 fully saturated rings. The van der Waals surface area contributed by atoms with Crippen LogP contribution in [-0.4, -0.2) is 17.1 Å². The lowest BCUT2D eigenvalue weighted by Gasteiger charge is -2.02. The molecule has 0 atom stereocenters. The number of aliphatic imine (C=N–C) groups is 1. The van der Waals surface area contributed by atoms with Gasteiger partial charge in [-0.2, -0.15) is 0 Å². The number of benzene rings is 1. The van der Waals surface area contributed by atoms with Gasteiger partial charge in [0, 0.05) is 0 Å². The van der Waals surface area contributed by atoms with Gasteiger partial charge in [0.05, 0.1) is 19.0 Å². The second-order valence-electron chi connectivity index (χ2n) is 2.50. The molecule has 14 heavy (non-hydrogen) atoms. The Labute approximate surface area is 97.4 Å². The fourth-order valence-electron chi connectivity index (χ4n) is 0.816. The zero-order valence-electron chi connectivity index (χ0n) is 7.38. The Bertz CT molecular complexity index is 316. The van der Waals surface area contributed by atoms with Crippen molar-refractivity contribution >= 4 is 46.7 Å². The molecule has 0 N–H and O–H groups in total. The highest BCUT2D eigenvalue weighted by Gasteiger charge is 2.15. The normalized spacial score (nSPS) is 12.0. The molecule has 0 aliphatic heterocycles. The number of alkyl halides is 3. The van der Waals surface area contributed by atoms with Gasteiger partial charge in [-0.1, -0.05) is 34.8 Å². The summed E-state index contributed by atoms with van der Waals surface area (Å²) < 4.78 is 3.53. The van der Waals surface area contributed by atoms with Crippen LogP contribution in [0.25, 0.3) is 0 Å². The summed E-state index contributed by atoms with van der Waals surface area (Å²) in [5.41, 5.74) is 0.706. The van der Waals surface area contributed by atoms with Crippen LogP contribution in [0, 0.1) is 0 Å². The number of halogens is 3. The molecule has 0 heterocycles. The van der Waals surface area contributed by atoms with Gasteiger partial charge in [0.1, 0.15) is 5.75 Å². The minimum absolute atomic E-state index is 0.706. The number of ether oxygens (including phenoxy) is 1. The number of hydrogen-bond acceptors (Lipinski definition) is 2. The maximum atomic E-state index is 5.50. The Morgan fingerprint density at radius 2 is 1.79 bits per heavy atom. The van der Waals surface area contributed by atoms with Crippen LogP contribution in [0.3, 0.4) is 0 Å². The van der Waals surface area contributed by atoms with E-state index in [1.54, 1.807) is 31.4 Å². The van der Waals surface area contributed by atoms with Crippen molar-refractivity contribution in [2.75, 3.05) is 7.11 Å². The summed E-state index contributed by atoms with van der Waals surface area (Å²) in [6.45, 7) is 0. The molecule has 0 aliphatic carbocycles. The Balaban J connectivity index is 2.74. The number of nitrogens with zero attached hydrogens (tertiary/aromatic N) is 1. The van der Waals surface area contributed by atoms with E-state index in [-0.39, 0.29) is 0 Å². The summed E-state index contributed by atoms with van der Waals surface area (Å²) >= 11 is 16.5. The first kappa shape index (κ1) is 11.6. The fraction of sp³-hybridized carbons (Fsp3) is 0.222. The van der Waals surface area contributed by atoms with Gasteiger partial charge in [0.25, 0.3) is 0 Å². The molecule has 1 rings (SSSR count). The monoisotopic (exact) mass is 251 g/mol. The standard InChI is InChI=1S/C9H8Cl3NO/c1-14-8-4-2-7(3-5-8)13-6-9(10,11)12/h2-6H,1H3. The van der Waals surface area contributed by atoms with E-state index in [2.05, 4.69) is 4.99 Å². The van der Waals surface area contributed by atoms with Crippen molar-refractivity contribution in [1.82, 2.24) is 0 Å². The second-order valence-corrected chi connectivity index (χ2v) is 4.87. The minimum Gasteiger partial charge on any atom is -0.497 e. The van der Waals surface area contributed by atoms with Gasteiger partial charge in [-0.05, 0) is 24.3 Å². The van der Waals surface area contributed by atoms with E-state index >= 15 is 0 Å². The van der Waals surface area contributed by atoms with Gasteiger partial charge in [-0.15, -0.1) is 0 Å². The van der Waals surface area contributed by atoms with Crippen molar-refractivity contribution in [3.05, 3.63) is 24.3 Å². The quantitative estimate of drug-likeness (QED) is 0.580. The molecule has 5 heteroatoms. The zero-order chi connectivity index (χ0) is 10.6. The molecule has 1 aromatic rings. The largest absolute Gasteiger partial charge is 0.497 e. The molecule has 1 aromatic carbocycles. The van der Waals surface area contributed by atoms with Crippen molar-refractivity contribution in [2.45, 2.75) is 3.79 Å². The third-order valence-corrected chi connectivity index (χ3v) is 1.73. The minimum atomic E-state index is -1.46. The molecule has 0 unspecified atom stereocenters. The van der Waals surface area contributed by atoms with E-state index in [9.17, 15) is 0 Å². The molecule has 76 valence electrons. The average molecular weight is 253 g/mol. The highest BCUT2D eigenvalue weighted by Crippen LogP contribution is 2.25. The number of methoxy groups -OCH3 is 1. The highest BCUT2D eigenvalue weighted by atomic mass is 35.6. The SMILES string of the molecule is COc1ccc(N=CC(Cl)(Cl)Cl)cc1. The van der Waals surface area contributed by atoms with Crippen LogP contribution in [0.1, 0.15) is 0 Å². The molecule has 0 saturated heterocycles. The first-order valence-corrected chi connectivity index (χ1v) is 4.91. The lowest BCUT2D eigenvalue weighted by Crippen LogP contribution is -2.01. The highest BCUT2D eigenvalue weighted by molar-refractivity contribution is 6.74. The average Bonchev–Trinajstić information content (AvgIpc) is 2.14. The van der Waals surface area contributed by atoms with Crippen LogP contribution < -0.4 is 4.74 Å². The maximum absolute atomic E-state index is 5.50. The van der Waals surface area contributed by atoms with Crippen LogP contribution in [0.2, 0.25) is 0 Å². The fourth-order valence-corrected chi connectivity index (χ4v) is 0.962. The molecule has 0 spiro atoms. The molecular formula is C9H8Cl3NO. The number of hydrogen-bond donors (Lipinski definition) is 0. The van der Waals surface area contributed by atoms with Crippen LogP contribution in [-0.2, 0) is 0 Å². The Hall–Kier alpha value is -0.440. The molecule has 0 aliphatic rings. The summed E-state index contributed by atoms with van der Waals surface area (Å²) in [6, 6.07) is 7.10. The van der Waals surface area contributed by atoms with E-state index in [1.165, 1.54) is 6.21 Å². The molecular weight excluding hydrogens is 244 g/mol. The van der Waals surface area contributed by atoms with Gasteiger partial charge >= 0.3 is 0 Å². The third-order valence-electron chi connectivity index (χ3n) is 1.43. The first-order valence-electron chi connectivity index (χ1n) is 3.77. The molecule has 0 amide bonds. The Morgan fingerprint density at radius 1 is 1.21 bits per heavy atom. The van der Waals surface area contributed by atoms with Gasteiger partial charge in [0.2, 0.25) is 3.79 Å². The zero-order valence-corrected chi connectivity index (χ0v) is 9.64. The maximum Gasteiger partial charge on any atom is 0.225 e. The van der Waals surface area contributed by atoms with Gasteiger partial charge in [-0.25, -0.2) is 0 Å². The topological polar surface area (TPSA) is 21.6 Å². The lowest BCUT2D eigenvalue weighted by atomic mass is 10.3. The molecule has 0 saturated carbocycles. The van der Waals surface area contributed by atoms with Gasteiger partial charge < -0.3 is 4.74 Å². The third kappa shape index (κ3) is 4.18. The Kier molecular flexibility index (Phi) is 4.05. The summed E-state index contributed by atoms with van der Waals surface area (Å²) in [5.74, 6) is 0.762. The van der Waals surface area contributed by atoms with Crippen LogP contribution >= 0.6 is 34.8 Å². The molecule has 0 aromatic heterocycles. The van der Waals surface area contributed by atoms with E-state index in [1.807, 2.05) is 0 Å². The van der Waals surface area contributed by atoms with E-state index < -0.39 is 3.79 Å². The van der Waals surface area contributed by atoms with Crippen molar-refractivity contribution in [2.24, 2.45) is 4.99 Å². The molecule has 0 radical (unpaired) electrons. The van der Waals surface area contributed by atoms with Gasteiger partial charge in [0.15, 0.2) is 0 Å². The predicted molar refractivity (Wildman–Crippen MR) is 61.4 cm³/mol.